The number of nitrogens with zero attached hydrogens (tertiary/aromatic N) is 7. The van der Waals surface area contributed by atoms with Crippen LogP contribution in [-0.4, -0.2) is 92.3 Å². The molecule has 0 atom stereocenters. The van der Waals surface area contributed by atoms with E-state index in [-0.39, 0.29) is 29.1 Å². The van der Waals surface area contributed by atoms with Gasteiger partial charge in [-0.15, -0.1) is 5.10 Å². The lowest BCUT2D eigenvalue weighted by molar-refractivity contribution is -0.0705. The molecule has 0 unspecified atom stereocenters. The van der Waals surface area contributed by atoms with E-state index in [9.17, 15) is 4.79 Å². The van der Waals surface area contributed by atoms with Gasteiger partial charge in [0, 0.05) is 44.1 Å². The molecule has 12 nitrogen and oxygen atoms in total. The second-order valence-electron chi connectivity index (χ2n) is 8.97. The molecule has 0 aromatic carbocycles. The molecule has 2 aliphatic heterocycles. The smallest absolute Gasteiger partial charge is 0.269 e. The summed E-state index contributed by atoms with van der Waals surface area (Å²) < 4.78 is 29.1. The second kappa shape index (κ2) is 8.99. The predicted molar refractivity (Wildman–Crippen MR) is 128 cm³/mol. The summed E-state index contributed by atoms with van der Waals surface area (Å²) in [6.45, 7) is 3.59. The molecular formula is C23H26FN9O3. The van der Waals surface area contributed by atoms with E-state index in [1.54, 1.807) is 6.20 Å². The molecule has 188 valence electrons. The number of hydrogen-bond acceptors (Lipinski definition) is 9. The van der Waals surface area contributed by atoms with Crippen LogP contribution in [0.3, 0.4) is 0 Å². The fraction of sp³-hybridized carbons (Fsp3) is 0.435. The Kier molecular flexibility index (Phi) is 5.64. The van der Waals surface area contributed by atoms with Gasteiger partial charge in [-0.2, -0.15) is 4.98 Å². The molecule has 1 amide bonds. The summed E-state index contributed by atoms with van der Waals surface area (Å²) in [5, 5.41) is 10.5. The molecule has 6 heterocycles. The maximum atomic E-state index is 15.3. The number of piperidine rings is 1. The molecule has 0 aliphatic carbocycles. The van der Waals surface area contributed by atoms with Crippen LogP contribution in [-0.2, 0) is 4.74 Å². The number of hydrogen-bond donors (Lipinski definition) is 2. The van der Waals surface area contributed by atoms with E-state index in [1.807, 2.05) is 0 Å². The first-order valence-corrected chi connectivity index (χ1v) is 11.8. The molecule has 2 aliphatic rings. The zero-order chi connectivity index (χ0) is 24.8. The van der Waals surface area contributed by atoms with E-state index in [2.05, 4.69) is 35.6 Å². The van der Waals surface area contributed by atoms with Crippen LogP contribution in [0.1, 0.15) is 23.3 Å². The second-order valence-corrected chi connectivity index (χ2v) is 8.97. The van der Waals surface area contributed by atoms with Gasteiger partial charge in [0.2, 0.25) is 17.6 Å². The van der Waals surface area contributed by atoms with Gasteiger partial charge >= 0.3 is 0 Å². The van der Waals surface area contributed by atoms with Gasteiger partial charge in [0.25, 0.3) is 5.91 Å². The predicted octanol–water partition coefficient (Wildman–Crippen LogP) is 1.22. The Balaban J connectivity index is 1.32. The van der Waals surface area contributed by atoms with Crippen LogP contribution < -0.4 is 15.4 Å². The van der Waals surface area contributed by atoms with E-state index in [0.29, 0.717) is 28.8 Å². The molecule has 13 heteroatoms. The van der Waals surface area contributed by atoms with Crippen molar-refractivity contribution in [3.8, 4) is 17.0 Å². The van der Waals surface area contributed by atoms with Crippen molar-refractivity contribution in [1.82, 2.24) is 39.2 Å². The van der Waals surface area contributed by atoms with Crippen molar-refractivity contribution in [2.24, 2.45) is 0 Å². The van der Waals surface area contributed by atoms with Crippen LogP contribution in [0.4, 0.5) is 10.3 Å². The average Bonchev–Trinajstić information content (AvgIpc) is 3.43. The van der Waals surface area contributed by atoms with Gasteiger partial charge in [-0.25, -0.2) is 18.9 Å². The van der Waals surface area contributed by atoms with Gasteiger partial charge in [-0.1, -0.05) is 0 Å². The minimum atomic E-state index is -0.515. The van der Waals surface area contributed by atoms with Crippen molar-refractivity contribution < 1.29 is 18.7 Å². The Morgan fingerprint density at radius 2 is 1.97 bits per heavy atom. The number of rotatable bonds is 6. The molecule has 0 spiro atoms. The monoisotopic (exact) mass is 495 g/mol. The molecule has 2 fully saturated rings. The summed E-state index contributed by atoms with van der Waals surface area (Å²) in [6, 6.07) is 0.739. The topological polar surface area (TPSA) is 123 Å². The van der Waals surface area contributed by atoms with Gasteiger partial charge in [0.15, 0.2) is 5.82 Å². The van der Waals surface area contributed by atoms with Gasteiger partial charge < -0.3 is 20.1 Å². The zero-order valence-corrected chi connectivity index (χ0v) is 19.9. The van der Waals surface area contributed by atoms with Crippen LogP contribution >= 0.6 is 0 Å². The van der Waals surface area contributed by atoms with Crippen molar-refractivity contribution in [3.05, 3.63) is 36.3 Å². The summed E-state index contributed by atoms with van der Waals surface area (Å²) in [6.07, 6.45) is 7.74. The summed E-state index contributed by atoms with van der Waals surface area (Å²) in [5.41, 5.74) is 1.31. The largest absolute Gasteiger partial charge is 0.479 e. The number of imidazole rings is 1. The highest BCUT2D eigenvalue weighted by Crippen LogP contribution is 2.34. The lowest BCUT2D eigenvalue weighted by atomic mass is 10.0. The number of nitrogens with one attached hydrogen (secondary N) is 2. The Morgan fingerprint density at radius 3 is 2.67 bits per heavy atom. The minimum absolute atomic E-state index is 0.209. The summed E-state index contributed by atoms with van der Waals surface area (Å²) >= 11 is 0. The summed E-state index contributed by atoms with van der Waals surface area (Å²) in [4.78, 5) is 27.6. The highest BCUT2D eigenvalue weighted by atomic mass is 19.1. The maximum absolute atomic E-state index is 15.3. The van der Waals surface area contributed by atoms with E-state index in [0.717, 1.165) is 39.1 Å². The third-order valence-corrected chi connectivity index (χ3v) is 6.86. The van der Waals surface area contributed by atoms with Crippen LogP contribution in [0.25, 0.3) is 22.4 Å². The van der Waals surface area contributed by atoms with Crippen molar-refractivity contribution in [3.63, 3.8) is 0 Å². The number of likely N-dealkylation sites (tertiary alicyclic amines) is 1. The molecule has 0 radical (unpaired) electrons. The number of fused-ring (bicyclic) bond motifs is 2. The van der Waals surface area contributed by atoms with E-state index in [4.69, 9.17) is 9.47 Å². The zero-order valence-electron chi connectivity index (χ0n) is 19.9. The normalized spacial score (nSPS) is 17.4. The Morgan fingerprint density at radius 1 is 1.19 bits per heavy atom. The Labute approximate surface area is 205 Å². The van der Waals surface area contributed by atoms with Crippen LogP contribution in [0.15, 0.2) is 24.8 Å². The number of halogens is 1. The first-order chi connectivity index (χ1) is 17.6. The Bertz CT molecular complexity index is 1440. The first kappa shape index (κ1) is 22.6. The molecule has 4 aromatic heterocycles. The quantitative estimate of drug-likeness (QED) is 0.406. The molecular weight excluding hydrogens is 469 g/mol. The number of amides is 1. The highest BCUT2D eigenvalue weighted by Gasteiger charge is 2.30. The van der Waals surface area contributed by atoms with Crippen LogP contribution in [0.2, 0.25) is 0 Å². The molecule has 6 rings (SSSR count). The number of methoxy groups -OCH3 is 1. The number of ether oxygens (including phenoxy) is 2. The molecule has 0 saturated carbocycles. The fourth-order valence-corrected chi connectivity index (χ4v) is 4.82. The van der Waals surface area contributed by atoms with E-state index >= 15 is 4.39 Å². The van der Waals surface area contributed by atoms with Crippen molar-refractivity contribution >= 4 is 23.1 Å². The van der Waals surface area contributed by atoms with Crippen molar-refractivity contribution in [2.45, 2.75) is 24.9 Å². The SMILES string of the molecule is CNC(=O)c1cnc2ncc(-c3c(F)cn4nc(NC5CCN(C6COC6)CC5)nc(OC)c34)cn12. The van der Waals surface area contributed by atoms with Gasteiger partial charge in [-0.3, -0.25) is 14.1 Å². The molecule has 0 bridgehead atoms. The first-order valence-electron chi connectivity index (χ1n) is 11.8. The maximum Gasteiger partial charge on any atom is 0.269 e. The third-order valence-electron chi connectivity index (χ3n) is 6.86. The van der Waals surface area contributed by atoms with Crippen LogP contribution in [0.5, 0.6) is 5.88 Å². The van der Waals surface area contributed by atoms with Gasteiger partial charge in [-0.05, 0) is 12.8 Å². The van der Waals surface area contributed by atoms with Gasteiger partial charge in [0.05, 0.1) is 44.3 Å². The molecule has 4 aromatic rings. The van der Waals surface area contributed by atoms with Crippen LogP contribution in [0, 0.1) is 5.82 Å². The van der Waals surface area contributed by atoms with E-state index < -0.39 is 5.82 Å². The Hall–Kier alpha value is -3.84. The lowest BCUT2D eigenvalue weighted by Crippen LogP contribution is -2.53. The summed E-state index contributed by atoms with van der Waals surface area (Å²) in [5.74, 6) is 0.0849. The summed E-state index contributed by atoms with van der Waals surface area (Å²) in [7, 11) is 3.02. The average molecular weight is 496 g/mol. The fourth-order valence-electron chi connectivity index (χ4n) is 4.82. The van der Waals surface area contributed by atoms with E-state index in [1.165, 1.54) is 41.7 Å². The number of carbonyl (C=O) groups excluding carboxylic acids is 1. The van der Waals surface area contributed by atoms with Crippen molar-refractivity contribution in [2.75, 3.05) is 45.8 Å². The molecule has 2 saturated heterocycles. The van der Waals surface area contributed by atoms with Crippen molar-refractivity contribution in [1.29, 1.82) is 0 Å². The lowest BCUT2D eigenvalue weighted by Gasteiger charge is -2.41. The minimum Gasteiger partial charge on any atom is -0.479 e. The number of anilines is 1. The third kappa shape index (κ3) is 3.80. The van der Waals surface area contributed by atoms with Gasteiger partial charge in [0.1, 0.15) is 11.2 Å². The molecule has 36 heavy (non-hydrogen) atoms. The number of carbonyl (C=O) groups is 1. The highest BCUT2D eigenvalue weighted by molar-refractivity contribution is 5.93. The standard InChI is InChI=1S/C23H26FN9O3/c1-25-20(34)17-8-27-23-26-7-13(9-32(17)23)18-16(24)10-33-19(18)21(35-2)29-22(30-33)28-14-3-5-31(6-4-14)15-11-36-12-15/h7-10,14-15H,3-6,11-12H2,1-2H3,(H,25,34)(H,28,30). The number of aromatic nitrogens is 6. The molecule has 2 N–H and O–H groups in total.